The lowest BCUT2D eigenvalue weighted by molar-refractivity contribution is -0.134. The Kier molecular flexibility index (Phi) is 6.63. The number of aromatic nitrogens is 1. The molecule has 2 aromatic rings. The molecule has 0 radical (unpaired) electrons. The van der Waals surface area contributed by atoms with Gasteiger partial charge in [-0.3, -0.25) is 19.5 Å². The Morgan fingerprint density at radius 1 is 1.23 bits per heavy atom. The van der Waals surface area contributed by atoms with E-state index in [-0.39, 0.29) is 18.4 Å². The molecule has 3 heterocycles. The van der Waals surface area contributed by atoms with Crippen LogP contribution in [-0.2, 0) is 24.2 Å². The molecule has 1 aromatic carbocycles. The lowest BCUT2D eigenvalue weighted by Gasteiger charge is -2.38. The van der Waals surface area contributed by atoms with Crippen molar-refractivity contribution in [1.82, 2.24) is 20.1 Å². The topological polar surface area (TPSA) is 85.8 Å². The van der Waals surface area contributed by atoms with Gasteiger partial charge in [-0.2, -0.15) is 0 Å². The molecule has 0 aliphatic carbocycles. The van der Waals surface area contributed by atoms with E-state index in [1.165, 1.54) is 11.1 Å². The number of likely N-dealkylation sites (tertiary alicyclic amines) is 1. The Bertz CT molecular complexity index is 942. The van der Waals surface area contributed by atoms with E-state index in [0.717, 1.165) is 44.7 Å². The van der Waals surface area contributed by atoms with Crippen molar-refractivity contribution in [3.8, 4) is 0 Å². The number of amides is 2. The Morgan fingerprint density at radius 3 is 2.77 bits per heavy atom. The molecule has 4 rings (SSSR count). The van der Waals surface area contributed by atoms with E-state index >= 15 is 0 Å². The van der Waals surface area contributed by atoms with Crippen molar-refractivity contribution >= 4 is 11.8 Å². The highest BCUT2D eigenvalue weighted by Gasteiger charge is 2.29. The summed E-state index contributed by atoms with van der Waals surface area (Å²) in [6.45, 7) is 5.57. The highest BCUT2D eigenvalue weighted by atomic mass is 16.3. The summed E-state index contributed by atoms with van der Waals surface area (Å²) >= 11 is 0. The summed E-state index contributed by atoms with van der Waals surface area (Å²) in [4.78, 5) is 32.3. The molecule has 1 aromatic heterocycles. The average Bonchev–Trinajstić information content (AvgIpc) is 2.74. The molecule has 1 saturated heterocycles. The average molecular weight is 423 g/mol. The van der Waals surface area contributed by atoms with Crippen molar-refractivity contribution in [2.45, 2.75) is 32.4 Å². The molecular formula is C24H30N4O3. The highest BCUT2D eigenvalue weighted by Crippen LogP contribution is 2.20. The van der Waals surface area contributed by atoms with Crippen LogP contribution in [0.15, 0.2) is 42.6 Å². The standard InChI is InChI=1S/C24H30N4O3/c1-17(29)28-13-18(14-28)10-22-11-20(6-8-25-22)24(31)26-12-23(30)16-27-9-7-19-4-2-3-5-21(19)15-27/h2-6,8,11,18,23,30H,7,9-10,12-16H2,1H3,(H,26,31)/t23-/m0/s1. The van der Waals surface area contributed by atoms with Crippen LogP contribution in [0.3, 0.4) is 0 Å². The van der Waals surface area contributed by atoms with E-state index < -0.39 is 6.10 Å². The fraction of sp³-hybridized carbons (Fsp3) is 0.458. The number of β-amino-alcohol motifs (C(OH)–C–C–N with tert-alkyl or cyclic N) is 1. The van der Waals surface area contributed by atoms with Gasteiger partial charge in [0.25, 0.3) is 5.91 Å². The van der Waals surface area contributed by atoms with Crippen LogP contribution in [0.25, 0.3) is 0 Å². The van der Waals surface area contributed by atoms with Crippen molar-refractivity contribution in [1.29, 1.82) is 0 Å². The van der Waals surface area contributed by atoms with Crippen molar-refractivity contribution in [3.63, 3.8) is 0 Å². The number of aliphatic hydroxyl groups is 1. The fourth-order valence-corrected chi connectivity index (χ4v) is 4.37. The van der Waals surface area contributed by atoms with Crippen molar-refractivity contribution in [2.24, 2.45) is 5.92 Å². The number of nitrogens with one attached hydrogen (secondary N) is 1. The first kappa shape index (κ1) is 21.5. The molecule has 1 fully saturated rings. The van der Waals surface area contributed by atoms with E-state index in [1.807, 2.05) is 11.0 Å². The third kappa shape index (κ3) is 5.48. The van der Waals surface area contributed by atoms with Gasteiger partial charge in [0.15, 0.2) is 0 Å². The summed E-state index contributed by atoms with van der Waals surface area (Å²) in [5, 5.41) is 13.3. The maximum Gasteiger partial charge on any atom is 0.251 e. The Hall–Kier alpha value is -2.77. The number of carbonyl (C=O) groups is 2. The van der Waals surface area contributed by atoms with Gasteiger partial charge in [-0.15, -0.1) is 0 Å². The lowest BCUT2D eigenvalue weighted by Crippen LogP contribution is -2.49. The molecule has 2 aliphatic rings. The molecule has 31 heavy (non-hydrogen) atoms. The number of hydrogen-bond acceptors (Lipinski definition) is 5. The van der Waals surface area contributed by atoms with Crippen LogP contribution >= 0.6 is 0 Å². The zero-order valence-corrected chi connectivity index (χ0v) is 18.0. The second-order valence-electron chi connectivity index (χ2n) is 8.65. The van der Waals surface area contributed by atoms with Gasteiger partial charge < -0.3 is 15.3 Å². The van der Waals surface area contributed by atoms with E-state index in [1.54, 1.807) is 25.3 Å². The molecule has 0 spiro atoms. The minimum Gasteiger partial charge on any atom is -0.390 e. The van der Waals surface area contributed by atoms with Gasteiger partial charge in [0.2, 0.25) is 5.91 Å². The maximum absolute atomic E-state index is 12.6. The third-order valence-electron chi connectivity index (χ3n) is 6.16. The minimum absolute atomic E-state index is 0.102. The molecule has 0 saturated carbocycles. The van der Waals surface area contributed by atoms with Crippen LogP contribution in [0.5, 0.6) is 0 Å². The molecule has 2 amide bonds. The summed E-state index contributed by atoms with van der Waals surface area (Å²) in [6.07, 6.45) is 2.76. The van der Waals surface area contributed by atoms with Crippen LogP contribution < -0.4 is 5.32 Å². The van der Waals surface area contributed by atoms with Gasteiger partial charge in [-0.25, -0.2) is 0 Å². The second kappa shape index (κ2) is 9.58. The SMILES string of the molecule is CC(=O)N1CC(Cc2cc(C(=O)NC[C@H](O)CN3CCc4ccccc4C3)ccn2)C1. The quantitative estimate of drug-likeness (QED) is 0.702. The predicted molar refractivity (Wildman–Crippen MR) is 117 cm³/mol. The van der Waals surface area contributed by atoms with Gasteiger partial charge in [0.1, 0.15) is 0 Å². The predicted octanol–water partition coefficient (Wildman–Crippen LogP) is 1.25. The smallest absolute Gasteiger partial charge is 0.251 e. The first-order valence-corrected chi connectivity index (χ1v) is 10.9. The number of benzene rings is 1. The molecule has 2 N–H and O–H groups in total. The van der Waals surface area contributed by atoms with Crippen LogP contribution in [0.2, 0.25) is 0 Å². The first-order valence-electron chi connectivity index (χ1n) is 10.9. The van der Waals surface area contributed by atoms with Crippen molar-refractivity contribution in [3.05, 3.63) is 65.0 Å². The Morgan fingerprint density at radius 2 is 2.00 bits per heavy atom. The summed E-state index contributed by atoms with van der Waals surface area (Å²) in [5.41, 5.74) is 4.10. The number of carbonyl (C=O) groups excluding carboxylic acids is 2. The van der Waals surface area contributed by atoms with Crippen LogP contribution in [0, 0.1) is 5.92 Å². The largest absolute Gasteiger partial charge is 0.390 e. The Balaban J connectivity index is 1.23. The lowest BCUT2D eigenvalue weighted by atomic mass is 9.94. The van der Waals surface area contributed by atoms with Gasteiger partial charge in [-0.1, -0.05) is 24.3 Å². The molecule has 164 valence electrons. The molecule has 7 heteroatoms. The molecular weight excluding hydrogens is 392 g/mol. The zero-order valence-electron chi connectivity index (χ0n) is 18.0. The summed E-state index contributed by atoms with van der Waals surface area (Å²) in [6, 6.07) is 11.9. The Labute approximate surface area is 183 Å². The third-order valence-corrected chi connectivity index (χ3v) is 6.16. The van der Waals surface area contributed by atoms with E-state index in [4.69, 9.17) is 0 Å². The summed E-state index contributed by atoms with van der Waals surface area (Å²) in [7, 11) is 0. The number of fused-ring (bicyclic) bond motifs is 1. The van der Waals surface area contributed by atoms with Crippen LogP contribution in [0.4, 0.5) is 0 Å². The summed E-state index contributed by atoms with van der Waals surface area (Å²) < 4.78 is 0. The number of nitrogens with zero attached hydrogens (tertiary/aromatic N) is 3. The second-order valence-corrected chi connectivity index (χ2v) is 8.65. The highest BCUT2D eigenvalue weighted by molar-refractivity contribution is 5.94. The number of aliphatic hydroxyl groups excluding tert-OH is 1. The first-order chi connectivity index (χ1) is 15.0. The normalized spacial score (nSPS) is 17.5. The molecule has 2 aliphatic heterocycles. The fourth-order valence-electron chi connectivity index (χ4n) is 4.37. The maximum atomic E-state index is 12.6. The minimum atomic E-state index is -0.622. The summed E-state index contributed by atoms with van der Waals surface area (Å²) in [5.74, 6) is 0.293. The van der Waals surface area contributed by atoms with Gasteiger partial charge >= 0.3 is 0 Å². The molecule has 7 nitrogen and oxygen atoms in total. The molecule has 1 atom stereocenters. The monoisotopic (exact) mass is 422 g/mol. The zero-order chi connectivity index (χ0) is 21.8. The molecule has 0 unspecified atom stereocenters. The van der Waals surface area contributed by atoms with Crippen molar-refractivity contribution in [2.75, 3.05) is 32.7 Å². The molecule has 0 bridgehead atoms. The van der Waals surface area contributed by atoms with E-state index in [0.29, 0.717) is 18.0 Å². The van der Waals surface area contributed by atoms with Crippen molar-refractivity contribution < 1.29 is 14.7 Å². The van der Waals surface area contributed by atoms with Gasteiger partial charge in [0.05, 0.1) is 6.10 Å². The van der Waals surface area contributed by atoms with E-state index in [9.17, 15) is 14.7 Å². The number of rotatable bonds is 7. The number of hydrogen-bond donors (Lipinski definition) is 2. The van der Waals surface area contributed by atoms with Crippen LogP contribution in [0.1, 0.15) is 34.1 Å². The van der Waals surface area contributed by atoms with E-state index in [2.05, 4.69) is 33.4 Å². The number of pyridine rings is 1. The van der Waals surface area contributed by atoms with Gasteiger partial charge in [-0.05, 0) is 42.0 Å². The van der Waals surface area contributed by atoms with Crippen LogP contribution in [-0.4, -0.2) is 70.5 Å². The van der Waals surface area contributed by atoms with Gasteiger partial charge in [0, 0.05) is 63.6 Å².